The summed E-state index contributed by atoms with van der Waals surface area (Å²) >= 11 is 0. The molecule has 0 amide bonds. The van der Waals surface area contributed by atoms with Crippen molar-refractivity contribution in [2.75, 3.05) is 13.2 Å². The number of aryl methyl sites for hydroxylation is 2. The third kappa shape index (κ3) is 5.25. The summed E-state index contributed by atoms with van der Waals surface area (Å²) in [5.74, 6) is 0.133. The third-order valence-electron chi connectivity index (χ3n) is 4.54. The van der Waals surface area contributed by atoms with Crippen LogP contribution in [0.15, 0.2) is 42.5 Å². The van der Waals surface area contributed by atoms with E-state index in [1.807, 2.05) is 0 Å². The zero-order valence-electron chi connectivity index (χ0n) is 14.1. The number of aliphatic hydroxyl groups is 1. The molecule has 0 saturated carbocycles. The van der Waals surface area contributed by atoms with Crippen LogP contribution in [-0.2, 0) is 12.8 Å². The number of rotatable bonds is 7. The van der Waals surface area contributed by atoms with Crippen molar-refractivity contribution >= 4 is 0 Å². The normalized spacial score (nSPS) is 20.0. The number of halogens is 2. The lowest BCUT2D eigenvalue weighted by Gasteiger charge is -2.14. The molecule has 25 heavy (non-hydrogen) atoms. The molecule has 1 aliphatic heterocycles. The van der Waals surface area contributed by atoms with Gasteiger partial charge in [-0.25, -0.2) is 8.78 Å². The predicted molar refractivity (Wildman–Crippen MR) is 92.7 cm³/mol. The molecule has 1 heterocycles. The molecule has 1 fully saturated rings. The van der Waals surface area contributed by atoms with Gasteiger partial charge in [-0.3, -0.25) is 0 Å². The fourth-order valence-electron chi connectivity index (χ4n) is 3.14. The molecule has 2 aromatic carbocycles. The van der Waals surface area contributed by atoms with Crippen LogP contribution in [0.3, 0.4) is 0 Å². The van der Waals surface area contributed by atoms with Gasteiger partial charge in [0, 0.05) is 12.6 Å². The monoisotopic (exact) mass is 347 g/mol. The van der Waals surface area contributed by atoms with Crippen molar-refractivity contribution in [2.24, 2.45) is 0 Å². The average molecular weight is 347 g/mol. The summed E-state index contributed by atoms with van der Waals surface area (Å²) < 4.78 is 32.4. The second kappa shape index (κ2) is 8.41. The van der Waals surface area contributed by atoms with E-state index in [4.69, 9.17) is 4.74 Å². The lowest BCUT2D eigenvalue weighted by atomic mass is 10.0. The van der Waals surface area contributed by atoms with E-state index >= 15 is 0 Å². The Morgan fingerprint density at radius 2 is 1.80 bits per heavy atom. The molecule has 0 radical (unpaired) electrons. The zero-order valence-corrected chi connectivity index (χ0v) is 14.1. The van der Waals surface area contributed by atoms with E-state index < -0.39 is 0 Å². The fraction of sp³-hybridized carbons (Fsp3) is 0.400. The van der Waals surface area contributed by atoms with Gasteiger partial charge in [-0.05, 0) is 67.1 Å². The molecule has 0 aliphatic carbocycles. The molecule has 134 valence electrons. The van der Waals surface area contributed by atoms with Gasteiger partial charge in [0.1, 0.15) is 17.4 Å². The number of ether oxygens (including phenoxy) is 1. The fourth-order valence-corrected chi connectivity index (χ4v) is 3.14. The lowest BCUT2D eigenvalue weighted by Crippen LogP contribution is -2.23. The van der Waals surface area contributed by atoms with Gasteiger partial charge < -0.3 is 15.2 Å². The predicted octanol–water partition coefficient (Wildman–Crippen LogP) is 3.24. The van der Waals surface area contributed by atoms with Crippen LogP contribution in [0.25, 0.3) is 0 Å². The maximum atomic E-state index is 13.6. The van der Waals surface area contributed by atoms with Gasteiger partial charge in [-0.2, -0.15) is 0 Å². The van der Waals surface area contributed by atoms with Crippen molar-refractivity contribution < 1.29 is 18.6 Å². The molecular formula is C20H23F2NO2. The van der Waals surface area contributed by atoms with Gasteiger partial charge in [0.25, 0.3) is 0 Å². The van der Waals surface area contributed by atoms with Crippen LogP contribution in [0.1, 0.15) is 24.0 Å². The van der Waals surface area contributed by atoms with Crippen molar-refractivity contribution in [3.8, 4) is 5.75 Å². The minimum absolute atomic E-state index is 0.260. The van der Waals surface area contributed by atoms with Crippen LogP contribution >= 0.6 is 0 Å². The number of β-amino-alcohol motifs (C(OH)–C–C–N with tert-alkyl or cyclic N) is 1. The van der Waals surface area contributed by atoms with Crippen LogP contribution in [0, 0.1) is 11.6 Å². The van der Waals surface area contributed by atoms with E-state index in [9.17, 15) is 13.9 Å². The first-order valence-electron chi connectivity index (χ1n) is 8.67. The topological polar surface area (TPSA) is 41.5 Å². The highest BCUT2D eigenvalue weighted by atomic mass is 19.1. The van der Waals surface area contributed by atoms with E-state index in [0.717, 1.165) is 24.0 Å². The number of hydrogen-bond acceptors (Lipinski definition) is 3. The number of benzene rings is 2. The van der Waals surface area contributed by atoms with E-state index in [-0.39, 0.29) is 23.8 Å². The highest BCUT2D eigenvalue weighted by Gasteiger charge is 2.21. The molecular weight excluding hydrogens is 324 g/mol. The molecule has 0 spiro atoms. The third-order valence-corrected chi connectivity index (χ3v) is 4.54. The largest absolute Gasteiger partial charge is 0.493 e. The van der Waals surface area contributed by atoms with Crippen molar-refractivity contribution in [3.05, 3.63) is 65.2 Å². The molecule has 0 unspecified atom stereocenters. The SMILES string of the molecule is O[C@H]1CN[C@H](CCOc2ccc(F)cc2CCc2ccc(F)cc2)C1. The number of hydrogen-bond donors (Lipinski definition) is 2. The molecule has 5 heteroatoms. The Morgan fingerprint density at radius 1 is 1.04 bits per heavy atom. The van der Waals surface area contributed by atoms with Gasteiger partial charge in [-0.15, -0.1) is 0 Å². The molecule has 2 N–H and O–H groups in total. The Kier molecular flexibility index (Phi) is 6.00. The van der Waals surface area contributed by atoms with E-state index in [2.05, 4.69) is 5.32 Å². The quantitative estimate of drug-likeness (QED) is 0.808. The average Bonchev–Trinajstić information content (AvgIpc) is 3.01. The molecule has 3 rings (SSSR count). The minimum atomic E-state index is -0.290. The second-order valence-corrected chi connectivity index (χ2v) is 6.51. The smallest absolute Gasteiger partial charge is 0.123 e. The molecule has 2 atom stereocenters. The first-order chi connectivity index (χ1) is 12.1. The molecule has 3 nitrogen and oxygen atoms in total. The van der Waals surface area contributed by atoms with Gasteiger partial charge >= 0.3 is 0 Å². The standard InChI is InChI=1S/C20H23F2NO2/c21-16-5-2-14(3-6-16)1-4-15-11-17(22)7-8-20(15)25-10-9-18-12-19(24)13-23-18/h2-3,5-8,11,18-19,23-24H,1,4,9-10,12-13H2/t18-,19-/m1/s1. The van der Waals surface area contributed by atoms with Crippen molar-refractivity contribution in [3.63, 3.8) is 0 Å². The first kappa shape index (κ1) is 17.8. The van der Waals surface area contributed by atoms with Crippen molar-refractivity contribution in [1.82, 2.24) is 5.32 Å². The summed E-state index contributed by atoms with van der Waals surface area (Å²) in [6.45, 7) is 1.14. The summed E-state index contributed by atoms with van der Waals surface area (Å²) in [5.41, 5.74) is 1.81. The summed E-state index contributed by atoms with van der Waals surface area (Å²) in [4.78, 5) is 0. The molecule has 2 aromatic rings. The molecule has 0 aromatic heterocycles. The maximum absolute atomic E-state index is 13.6. The maximum Gasteiger partial charge on any atom is 0.123 e. The van der Waals surface area contributed by atoms with Crippen LogP contribution < -0.4 is 10.1 Å². The van der Waals surface area contributed by atoms with Crippen LogP contribution in [0.2, 0.25) is 0 Å². The Hall–Kier alpha value is -1.98. The van der Waals surface area contributed by atoms with Crippen molar-refractivity contribution in [2.45, 2.75) is 37.8 Å². The van der Waals surface area contributed by atoms with Gasteiger partial charge in [0.05, 0.1) is 12.7 Å². The lowest BCUT2D eigenvalue weighted by molar-refractivity contribution is 0.191. The second-order valence-electron chi connectivity index (χ2n) is 6.51. The molecule has 1 aliphatic rings. The Balaban J connectivity index is 1.56. The minimum Gasteiger partial charge on any atom is -0.493 e. The van der Waals surface area contributed by atoms with Gasteiger partial charge in [0.2, 0.25) is 0 Å². The summed E-state index contributed by atoms with van der Waals surface area (Å²) in [7, 11) is 0. The Labute approximate surface area is 146 Å². The van der Waals surface area contributed by atoms with Crippen LogP contribution in [0.5, 0.6) is 5.75 Å². The van der Waals surface area contributed by atoms with E-state index in [1.165, 1.54) is 24.3 Å². The van der Waals surface area contributed by atoms with E-state index in [0.29, 0.717) is 31.7 Å². The van der Waals surface area contributed by atoms with Gasteiger partial charge in [-0.1, -0.05) is 12.1 Å². The van der Waals surface area contributed by atoms with Crippen LogP contribution in [0.4, 0.5) is 8.78 Å². The summed E-state index contributed by atoms with van der Waals surface area (Å²) in [6.07, 6.45) is 2.58. The van der Waals surface area contributed by atoms with E-state index in [1.54, 1.807) is 18.2 Å². The molecule has 0 bridgehead atoms. The number of aliphatic hydroxyl groups excluding tert-OH is 1. The highest BCUT2D eigenvalue weighted by molar-refractivity contribution is 5.35. The van der Waals surface area contributed by atoms with Crippen molar-refractivity contribution in [1.29, 1.82) is 0 Å². The molecule has 1 saturated heterocycles. The van der Waals surface area contributed by atoms with Crippen LogP contribution in [-0.4, -0.2) is 30.4 Å². The number of nitrogens with one attached hydrogen (secondary N) is 1. The summed E-state index contributed by atoms with van der Waals surface area (Å²) in [5, 5.41) is 12.8. The highest BCUT2D eigenvalue weighted by Crippen LogP contribution is 2.22. The Bertz CT molecular complexity index is 691. The zero-order chi connectivity index (χ0) is 17.6. The first-order valence-corrected chi connectivity index (χ1v) is 8.67. The Morgan fingerprint density at radius 3 is 2.52 bits per heavy atom. The summed E-state index contributed by atoms with van der Waals surface area (Å²) in [6, 6.07) is 11.2. The van der Waals surface area contributed by atoms with Gasteiger partial charge in [0.15, 0.2) is 0 Å².